The molecule has 0 aliphatic rings. The second kappa shape index (κ2) is 10.1. The average Bonchev–Trinajstić information content (AvgIpc) is 2.46. The Balaban J connectivity index is 2.34. The summed E-state index contributed by atoms with van der Waals surface area (Å²) in [5.41, 5.74) is 3.50. The van der Waals surface area contributed by atoms with Gasteiger partial charge in [0.15, 0.2) is 0 Å². The van der Waals surface area contributed by atoms with Gasteiger partial charge in [0, 0.05) is 6.04 Å². The van der Waals surface area contributed by atoms with Gasteiger partial charge in [0.25, 0.3) is 0 Å². The SMILES string of the molecule is CCCCCCCCCC(NN)c1cccc(F)c1Cl. The van der Waals surface area contributed by atoms with E-state index in [1.54, 1.807) is 6.07 Å². The highest BCUT2D eigenvalue weighted by atomic mass is 35.5. The molecule has 1 atom stereocenters. The smallest absolute Gasteiger partial charge is 0.142 e. The van der Waals surface area contributed by atoms with Gasteiger partial charge < -0.3 is 0 Å². The first-order valence-corrected chi connectivity index (χ1v) is 7.98. The van der Waals surface area contributed by atoms with Gasteiger partial charge in [-0.05, 0) is 18.1 Å². The molecular weight excluding hydrogens is 275 g/mol. The molecular formula is C16H26ClFN2. The number of rotatable bonds is 10. The minimum atomic E-state index is -0.385. The molecule has 0 bridgehead atoms. The fourth-order valence-corrected chi connectivity index (χ4v) is 2.68. The molecule has 0 spiro atoms. The van der Waals surface area contributed by atoms with Gasteiger partial charge >= 0.3 is 0 Å². The van der Waals surface area contributed by atoms with Crippen LogP contribution in [0, 0.1) is 5.82 Å². The van der Waals surface area contributed by atoms with Gasteiger partial charge in [-0.25, -0.2) is 4.39 Å². The van der Waals surface area contributed by atoms with Crippen LogP contribution in [-0.2, 0) is 0 Å². The molecule has 1 rings (SSSR count). The third-order valence-electron chi connectivity index (χ3n) is 3.65. The summed E-state index contributed by atoms with van der Waals surface area (Å²) in [5.74, 6) is 5.19. The third kappa shape index (κ3) is 5.78. The Morgan fingerprint density at radius 1 is 1.15 bits per heavy atom. The lowest BCUT2D eigenvalue weighted by Crippen LogP contribution is -2.28. The fraction of sp³-hybridized carbons (Fsp3) is 0.625. The summed E-state index contributed by atoms with van der Waals surface area (Å²) >= 11 is 5.99. The van der Waals surface area contributed by atoms with Crippen LogP contribution < -0.4 is 11.3 Å². The molecule has 0 fully saturated rings. The first-order chi connectivity index (χ1) is 9.70. The van der Waals surface area contributed by atoms with Crippen LogP contribution >= 0.6 is 11.6 Å². The first-order valence-electron chi connectivity index (χ1n) is 7.60. The van der Waals surface area contributed by atoms with Crippen LogP contribution in [0.1, 0.15) is 69.9 Å². The van der Waals surface area contributed by atoms with Crippen LogP contribution in [0.25, 0.3) is 0 Å². The van der Waals surface area contributed by atoms with E-state index in [1.807, 2.05) is 6.07 Å². The largest absolute Gasteiger partial charge is 0.271 e. The van der Waals surface area contributed by atoms with Crippen molar-refractivity contribution in [3.8, 4) is 0 Å². The van der Waals surface area contributed by atoms with Crippen LogP contribution in [-0.4, -0.2) is 0 Å². The van der Waals surface area contributed by atoms with E-state index in [2.05, 4.69) is 12.3 Å². The molecule has 0 amide bonds. The number of nitrogens with two attached hydrogens (primary N) is 1. The number of hydrazine groups is 1. The molecule has 0 saturated carbocycles. The first kappa shape index (κ1) is 17.4. The van der Waals surface area contributed by atoms with Crippen molar-refractivity contribution in [1.29, 1.82) is 0 Å². The molecule has 20 heavy (non-hydrogen) atoms. The lowest BCUT2D eigenvalue weighted by atomic mass is 10.00. The summed E-state index contributed by atoms with van der Waals surface area (Å²) in [4.78, 5) is 0. The van der Waals surface area contributed by atoms with Gasteiger partial charge in [-0.15, -0.1) is 0 Å². The molecule has 1 aromatic carbocycles. The summed E-state index contributed by atoms with van der Waals surface area (Å²) in [6, 6.07) is 4.80. The molecule has 114 valence electrons. The monoisotopic (exact) mass is 300 g/mol. The minimum absolute atomic E-state index is 0.0751. The van der Waals surface area contributed by atoms with E-state index in [-0.39, 0.29) is 16.9 Å². The van der Waals surface area contributed by atoms with Crippen molar-refractivity contribution in [1.82, 2.24) is 5.43 Å². The molecule has 0 aliphatic heterocycles. The van der Waals surface area contributed by atoms with E-state index in [0.717, 1.165) is 18.4 Å². The maximum Gasteiger partial charge on any atom is 0.142 e. The summed E-state index contributed by atoms with van der Waals surface area (Å²) < 4.78 is 13.4. The zero-order valence-corrected chi connectivity index (χ0v) is 13.1. The topological polar surface area (TPSA) is 38.0 Å². The van der Waals surface area contributed by atoms with Crippen molar-refractivity contribution in [2.45, 2.75) is 64.3 Å². The summed E-state index contributed by atoms with van der Waals surface area (Å²) in [6.45, 7) is 2.22. The number of hydrogen-bond donors (Lipinski definition) is 2. The lowest BCUT2D eigenvalue weighted by Gasteiger charge is -2.17. The van der Waals surface area contributed by atoms with E-state index < -0.39 is 0 Å². The van der Waals surface area contributed by atoms with Crippen LogP contribution in [0.3, 0.4) is 0 Å². The zero-order valence-electron chi connectivity index (χ0n) is 12.3. The van der Waals surface area contributed by atoms with Crippen molar-refractivity contribution in [2.24, 2.45) is 5.84 Å². The van der Waals surface area contributed by atoms with Crippen molar-refractivity contribution >= 4 is 11.6 Å². The molecule has 4 heteroatoms. The van der Waals surface area contributed by atoms with E-state index in [9.17, 15) is 4.39 Å². The maximum atomic E-state index is 13.4. The Hall–Kier alpha value is -0.640. The van der Waals surface area contributed by atoms with Crippen molar-refractivity contribution < 1.29 is 4.39 Å². The Kier molecular flexibility index (Phi) is 8.83. The predicted octanol–water partition coefficient (Wildman–Crippen LogP) is 5.12. The third-order valence-corrected chi connectivity index (χ3v) is 4.05. The molecule has 3 N–H and O–H groups in total. The fourth-order valence-electron chi connectivity index (χ4n) is 2.42. The standard InChI is InChI=1S/C16H26ClFN2/c1-2-3-4-5-6-7-8-12-15(20-19)13-10-9-11-14(18)16(13)17/h9-11,15,20H,2-8,12,19H2,1H3. The normalized spacial score (nSPS) is 12.6. The van der Waals surface area contributed by atoms with Gasteiger partial charge in [-0.3, -0.25) is 11.3 Å². The second-order valence-electron chi connectivity index (χ2n) is 5.27. The van der Waals surface area contributed by atoms with Gasteiger partial charge in [-0.1, -0.05) is 75.6 Å². The Bertz CT molecular complexity index is 385. The number of unbranched alkanes of at least 4 members (excludes halogenated alkanes) is 6. The maximum absolute atomic E-state index is 13.4. The van der Waals surface area contributed by atoms with Gasteiger partial charge in [0.05, 0.1) is 5.02 Å². The van der Waals surface area contributed by atoms with Gasteiger partial charge in [0.1, 0.15) is 5.82 Å². The highest BCUT2D eigenvalue weighted by Crippen LogP contribution is 2.28. The van der Waals surface area contributed by atoms with Crippen LogP contribution in [0.2, 0.25) is 5.02 Å². The zero-order chi connectivity index (χ0) is 14.8. The summed E-state index contributed by atoms with van der Waals surface area (Å²) in [7, 11) is 0. The van der Waals surface area contributed by atoms with Crippen molar-refractivity contribution in [2.75, 3.05) is 0 Å². The highest BCUT2D eigenvalue weighted by Gasteiger charge is 2.15. The number of benzene rings is 1. The van der Waals surface area contributed by atoms with Crippen molar-refractivity contribution in [3.63, 3.8) is 0 Å². The Morgan fingerprint density at radius 3 is 2.45 bits per heavy atom. The van der Waals surface area contributed by atoms with Gasteiger partial charge in [0.2, 0.25) is 0 Å². The molecule has 2 nitrogen and oxygen atoms in total. The predicted molar refractivity (Wildman–Crippen MR) is 84.1 cm³/mol. The molecule has 1 aromatic rings. The summed E-state index contributed by atoms with van der Waals surface area (Å²) in [5, 5.41) is 0.179. The van der Waals surface area contributed by atoms with Gasteiger partial charge in [-0.2, -0.15) is 0 Å². The summed E-state index contributed by atoms with van der Waals surface area (Å²) in [6.07, 6.45) is 9.63. The quantitative estimate of drug-likeness (QED) is 0.357. The van der Waals surface area contributed by atoms with Crippen molar-refractivity contribution in [3.05, 3.63) is 34.6 Å². The van der Waals surface area contributed by atoms with E-state index in [0.29, 0.717) is 0 Å². The van der Waals surface area contributed by atoms with Crippen LogP contribution in [0.15, 0.2) is 18.2 Å². The Labute approximate surface area is 126 Å². The second-order valence-corrected chi connectivity index (χ2v) is 5.65. The molecule has 0 saturated heterocycles. The minimum Gasteiger partial charge on any atom is -0.271 e. The molecule has 0 aromatic heterocycles. The number of nitrogens with one attached hydrogen (secondary N) is 1. The van der Waals surface area contributed by atoms with Crippen LogP contribution in [0.5, 0.6) is 0 Å². The molecule has 1 unspecified atom stereocenters. The van der Waals surface area contributed by atoms with E-state index in [4.69, 9.17) is 17.4 Å². The molecule has 0 radical (unpaired) electrons. The lowest BCUT2D eigenvalue weighted by molar-refractivity contribution is 0.473. The van der Waals surface area contributed by atoms with E-state index in [1.165, 1.54) is 44.6 Å². The van der Waals surface area contributed by atoms with Crippen LogP contribution in [0.4, 0.5) is 4.39 Å². The highest BCUT2D eigenvalue weighted by molar-refractivity contribution is 6.31. The van der Waals surface area contributed by atoms with E-state index >= 15 is 0 Å². The Morgan fingerprint density at radius 2 is 1.80 bits per heavy atom. The molecule has 0 aliphatic carbocycles. The number of halogens is 2. The average molecular weight is 301 g/mol. The number of hydrogen-bond acceptors (Lipinski definition) is 2. The molecule has 0 heterocycles.